The number of carbonyl (C=O) groups excluding carboxylic acids is 2. The quantitative estimate of drug-likeness (QED) is 0.603. The minimum atomic E-state index is -0.412. The third-order valence-electron chi connectivity index (χ3n) is 4.10. The number of aryl methyl sites for hydroxylation is 1. The molecule has 3 aromatic rings. The predicted octanol–water partition coefficient (Wildman–Crippen LogP) is 2.90. The monoisotopic (exact) mass is 413 g/mol. The Labute approximate surface area is 171 Å². The summed E-state index contributed by atoms with van der Waals surface area (Å²) in [6.07, 6.45) is 1.39. The van der Waals surface area contributed by atoms with Crippen molar-refractivity contribution >= 4 is 29.3 Å². The van der Waals surface area contributed by atoms with Crippen LogP contribution in [0.2, 0.25) is 0 Å². The van der Waals surface area contributed by atoms with Gasteiger partial charge in [-0.25, -0.2) is 4.39 Å². The van der Waals surface area contributed by atoms with Gasteiger partial charge in [0.1, 0.15) is 12.1 Å². The smallest absolute Gasteiger partial charge is 0.243 e. The van der Waals surface area contributed by atoms with Crippen molar-refractivity contribution in [3.8, 4) is 5.69 Å². The van der Waals surface area contributed by atoms with Gasteiger partial charge in [0.15, 0.2) is 5.16 Å². The van der Waals surface area contributed by atoms with Gasteiger partial charge >= 0.3 is 0 Å². The van der Waals surface area contributed by atoms with E-state index in [1.54, 1.807) is 37.4 Å². The van der Waals surface area contributed by atoms with Gasteiger partial charge in [-0.1, -0.05) is 41.6 Å². The Balaban J connectivity index is 1.54. The molecule has 0 spiro atoms. The van der Waals surface area contributed by atoms with Crippen LogP contribution in [0.15, 0.2) is 60.0 Å². The number of hydrogen-bond donors (Lipinski definition) is 1. The molecule has 2 amide bonds. The van der Waals surface area contributed by atoms with Gasteiger partial charge in [0, 0.05) is 12.7 Å². The molecular weight excluding hydrogens is 393 g/mol. The number of rotatable bonds is 7. The standard InChI is InChI=1S/C20H20FN5O2S/c1-14-7-9-15(10-8-14)23-18(27)11-25(2)19(28)12-29-20-24-22-13-26(20)17-6-4-3-5-16(17)21/h3-10,13H,11-12H2,1-2H3,(H,23,27). The molecule has 1 heterocycles. The van der Waals surface area contributed by atoms with E-state index < -0.39 is 5.82 Å². The summed E-state index contributed by atoms with van der Waals surface area (Å²) in [7, 11) is 1.55. The lowest BCUT2D eigenvalue weighted by Gasteiger charge is -2.16. The highest BCUT2D eigenvalue weighted by atomic mass is 32.2. The predicted molar refractivity (Wildman–Crippen MR) is 109 cm³/mol. The van der Waals surface area contributed by atoms with Gasteiger partial charge in [-0.2, -0.15) is 0 Å². The molecule has 1 N–H and O–H groups in total. The van der Waals surface area contributed by atoms with Crippen LogP contribution in [0.4, 0.5) is 10.1 Å². The lowest BCUT2D eigenvalue weighted by molar-refractivity contribution is -0.131. The first-order valence-corrected chi connectivity index (χ1v) is 9.81. The van der Waals surface area contributed by atoms with Gasteiger partial charge < -0.3 is 10.2 Å². The molecule has 7 nitrogen and oxygen atoms in total. The summed E-state index contributed by atoms with van der Waals surface area (Å²) in [6.45, 7) is 1.88. The van der Waals surface area contributed by atoms with E-state index in [0.717, 1.165) is 17.3 Å². The van der Waals surface area contributed by atoms with Gasteiger partial charge in [0.25, 0.3) is 0 Å². The van der Waals surface area contributed by atoms with Crippen LogP contribution < -0.4 is 5.32 Å². The molecule has 0 aliphatic heterocycles. The second-order valence-corrected chi connectivity index (χ2v) is 7.33. The normalized spacial score (nSPS) is 10.6. The van der Waals surface area contributed by atoms with E-state index in [2.05, 4.69) is 15.5 Å². The first-order valence-electron chi connectivity index (χ1n) is 8.82. The number of para-hydroxylation sites is 1. The third kappa shape index (κ3) is 5.41. The van der Waals surface area contributed by atoms with Gasteiger partial charge in [0.05, 0.1) is 18.0 Å². The first-order chi connectivity index (χ1) is 13.9. The number of halogens is 1. The summed E-state index contributed by atoms with van der Waals surface area (Å²) in [5.41, 5.74) is 2.07. The average molecular weight is 413 g/mol. The van der Waals surface area contributed by atoms with Crippen LogP contribution in [0, 0.1) is 12.7 Å². The Morgan fingerprint density at radius 1 is 1.17 bits per heavy atom. The van der Waals surface area contributed by atoms with Crippen molar-refractivity contribution in [2.45, 2.75) is 12.1 Å². The van der Waals surface area contributed by atoms with Crippen LogP contribution in [-0.2, 0) is 9.59 Å². The first kappa shape index (κ1) is 20.5. The zero-order valence-electron chi connectivity index (χ0n) is 16.0. The molecule has 1 aromatic heterocycles. The van der Waals surface area contributed by atoms with Crippen LogP contribution in [0.1, 0.15) is 5.56 Å². The second kappa shape index (κ2) is 9.33. The fourth-order valence-corrected chi connectivity index (χ4v) is 3.38. The fraction of sp³-hybridized carbons (Fsp3) is 0.200. The number of nitrogens with zero attached hydrogens (tertiary/aromatic N) is 4. The molecule has 2 aromatic carbocycles. The van der Waals surface area contributed by atoms with Gasteiger partial charge in [-0.05, 0) is 31.2 Å². The molecule has 0 bridgehead atoms. The number of thioether (sulfide) groups is 1. The van der Waals surface area contributed by atoms with E-state index in [9.17, 15) is 14.0 Å². The summed E-state index contributed by atoms with van der Waals surface area (Å²) < 4.78 is 15.5. The van der Waals surface area contributed by atoms with Crippen LogP contribution in [0.3, 0.4) is 0 Å². The van der Waals surface area contributed by atoms with Crippen molar-refractivity contribution in [2.75, 3.05) is 24.7 Å². The molecule has 0 saturated carbocycles. The maximum Gasteiger partial charge on any atom is 0.243 e. The number of aromatic nitrogens is 3. The number of amides is 2. The summed E-state index contributed by atoms with van der Waals surface area (Å²) in [5.74, 6) is -0.909. The molecule has 150 valence electrons. The average Bonchev–Trinajstić information content (AvgIpc) is 3.16. The van der Waals surface area contributed by atoms with Crippen molar-refractivity contribution in [1.29, 1.82) is 0 Å². The maximum absolute atomic E-state index is 14.0. The number of likely N-dealkylation sites (N-methyl/N-ethyl adjacent to an activating group) is 1. The lowest BCUT2D eigenvalue weighted by Crippen LogP contribution is -2.36. The van der Waals surface area contributed by atoms with Crippen LogP contribution in [-0.4, -0.2) is 50.8 Å². The molecule has 0 saturated heterocycles. The SMILES string of the molecule is Cc1ccc(NC(=O)CN(C)C(=O)CSc2nncn2-c2ccccc2F)cc1. The van der Waals surface area contributed by atoms with Crippen LogP contribution >= 0.6 is 11.8 Å². The minimum Gasteiger partial charge on any atom is -0.336 e. The highest BCUT2D eigenvalue weighted by Gasteiger charge is 2.16. The number of benzene rings is 2. The summed E-state index contributed by atoms with van der Waals surface area (Å²) in [4.78, 5) is 25.9. The molecule has 0 aliphatic rings. The maximum atomic E-state index is 14.0. The highest BCUT2D eigenvalue weighted by molar-refractivity contribution is 7.99. The summed E-state index contributed by atoms with van der Waals surface area (Å²) in [5, 5.41) is 10.9. The van der Waals surface area contributed by atoms with E-state index in [-0.39, 0.29) is 24.1 Å². The molecule has 0 atom stereocenters. The Morgan fingerprint density at radius 2 is 1.90 bits per heavy atom. The fourth-order valence-electron chi connectivity index (χ4n) is 2.51. The lowest BCUT2D eigenvalue weighted by atomic mass is 10.2. The van der Waals surface area contributed by atoms with E-state index in [1.165, 1.54) is 21.9 Å². The molecule has 9 heteroatoms. The van der Waals surface area contributed by atoms with E-state index in [0.29, 0.717) is 16.5 Å². The van der Waals surface area contributed by atoms with Crippen molar-refractivity contribution in [2.24, 2.45) is 0 Å². The largest absolute Gasteiger partial charge is 0.336 e. The zero-order valence-corrected chi connectivity index (χ0v) is 16.8. The Kier molecular flexibility index (Phi) is 6.61. The van der Waals surface area contributed by atoms with Gasteiger partial charge in [-0.3, -0.25) is 14.2 Å². The topological polar surface area (TPSA) is 80.1 Å². The molecule has 29 heavy (non-hydrogen) atoms. The third-order valence-corrected chi connectivity index (χ3v) is 5.02. The van der Waals surface area contributed by atoms with Gasteiger partial charge in [0.2, 0.25) is 11.8 Å². The van der Waals surface area contributed by atoms with E-state index in [4.69, 9.17) is 0 Å². The van der Waals surface area contributed by atoms with E-state index >= 15 is 0 Å². The van der Waals surface area contributed by atoms with Crippen molar-refractivity contribution in [3.05, 3.63) is 66.2 Å². The van der Waals surface area contributed by atoms with Crippen molar-refractivity contribution in [1.82, 2.24) is 19.7 Å². The Bertz CT molecular complexity index is 1010. The summed E-state index contributed by atoms with van der Waals surface area (Å²) in [6, 6.07) is 13.6. The number of nitrogens with one attached hydrogen (secondary N) is 1. The second-order valence-electron chi connectivity index (χ2n) is 6.39. The van der Waals surface area contributed by atoms with Crippen molar-refractivity contribution < 1.29 is 14.0 Å². The molecule has 0 unspecified atom stereocenters. The number of anilines is 1. The number of carbonyl (C=O) groups is 2. The van der Waals surface area contributed by atoms with Crippen LogP contribution in [0.25, 0.3) is 5.69 Å². The molecule has 3 rings (SSSR count). The highest BCUT2D eigenvalue weighted by Crippen LogP contribution is 2.21. The molecular formula is C20H20FN5O2S. The zero-order chi connectivity index (χ0) is 20.8. The number of hydrogen-bond acceptors (Lipinski definition) is 5. The Hall–Kier alpha value is -3.20. The van der Waals surface area contributed by atoms with E-state index in [1.807, 2.05) is 19.1 Å². The minimum absolute atomic E-state index is 0.0431. The van der Waals surface area contributed by atoms with Gasteiger partial charge in [-0.15, -0.1) is 10.2 Å². The summed E-state index contributed by atoms with van der Waals surface area (Å²) >= 11 is 1.13. The molecule has 0 aliphatic carbocycles. The molecule has 0 fully saturated rings. The van der Waals surface area contributed by atoms with Crippen LogP contribution in [0.5, 0.6) is 0 Å². The molecule has 0 radical (unpaired) electrons. The van der Waals surface area contributed by atoms with Crippen molar-refractivity contribution in [3.63, 3.8) is 0 Å². The Morgan fingerprint density at radius 3 is 2.62 bits per heavy atom.